The number of carbonyl (C=O) groups is 1. The summed E-state index contributed by atoms with van der Waals surface area (Å²) in [6, 6.07) is 11.4. The van der Waals surface area contributed by atoms with Crippen molar-refractivity contribution in [2.24, 2.45) is 11.7 Å². The molecule has 0 bridgehead atoms. The first-order chi connectivity index (χ1) is 14.5. The topological polar surface area (TPSA) is 117 Å². The van der Waals surface area contributed by atoms with Gasteiger partial charge in [-0.15, -0.1) is 0 Å². The van der Waals surface area contributed by atoms with Crippen LogP contribution in [-0.4, -0.2) is 41.7 Å². The van der Waals surface area contributed by atoms with Crippen LogP contribution in [0.3, 0.4) is 0 Å². The maximum atomic E-state index is 11.8. The number of nitriles is 1. The van der Waals surface area contributed by atoms with Gasteiger partial charge in [-0.3, -0.25) is 4.79 Å². The summed E-state index contributed by atoms with van der Waals surface area (Å²) < 4.78 is 5.59. The van der Waals surface area contributed by atoms with Gasteiger partial charge in [0, 0.05) is 43.1 Å². The highest BCUT2D eigenvalue weighted by Crippen LogP contribution is 2.28. The van der Waals surface area contributed by atoms with Crippen molar-refractivity contribution >= 4 is 23.4 Å². The zero-order chi connectivity index (χ0) is 21.5. The number of nitrogens with one attached hydrogen (secondary N) is 1. The SMILES string of the molecule is CCCc1cc(N2CCC([C@H](OCC)C(N)=O)C2)nc(Nc2cccc(C#N)c2)n1. The van der Waals surface area contributed by atoms with E-state index in [1.807, 2.05) is 25.1 Å². The van der Waals surface area contributed by atoms with Gasteiger partial charge >= 0.3 is 0 Å². The Morgan fingerprint density at radius 3 is 2.93 bits per heavy atom. The second kappa shape index (κ2) is 10.0. The number of nitrogens with zero attached hydrogens (tertiary/aromatic N) is 4. The fraction of sp³-hybridized carbons (Fsp3) is 0.455. The molecule has 3 N–H and O–H groups in total. The zero-order valence-corrected chi connectivity index (χ0v) is 17.5. The monoisotopic (exact) mass is 408 g/mol. The molecule has 0 aliphatic carbocycles. The molecule has 2 aromatic rings. The van der Waals surface area contributed by atoms with Crippen molar-refractivity contribution in [2.75, 3.05) is 29.9 Å². The average molecular weight is 409 g/mol. The number of amides is 1. The van der Waals surface area contributed by atoms with E-state index in [-0.39, 0.29) is 5.92 Å². The van der Waals surface area contributed by atoms with Crippen LogP contribution in [0.5, 0.6) is 0 Å². The van der Waals surface area contributed by atoms with Gasteiger partial charge in [0.15, 0.2) is 0 Å². The summed E-state index contributed by atoms with van der Waals surface area (Å²) in [5, 5.41) is 12.3. The summed E-state index contributed by atoms with van der Waals surface area (Å²) in [5.74, 6) is 0.925. The van der Waals surface area contributed by atoms with Crippen LogP contribution < -0.4 is 16.0 Å². The predicted molar refractivity (Wildman–Crippen MR) is 115 cm³/mol. The molecule has 0 spiro atoms. The van der Waals surface area contributed by atoms with Gasteiger partial charge in [-0.2, -0.15) is 10.2 Å². The van der Waals surface area contributed by atoms with Crippen LogP contribution in [0, 0.1) is 17.2 Å². The molecule has 2 atom stereocenters. The Morgan fingerprint density at radius 2 is 2.23 bits per heavy atom. The molecular formula is C22H28N6O2. The third-order valence-corrected chi connectivity index (χ3v) is 5.12. The van der Waals surface area contributed by atoms with Crippen molar-refractivity contribution in [3.63, 3.8) is 0 Å². The summed E-state index contributed by atoms with van der Waals surface area (Å²) in [4.78, 5) is 23.3. The fourth-order valence-corrected chi connectivity index (χ4v) is 3.75. The first-order valence-corrected chi connectivity index (χ1v) is 10.3. The maximum absolute atomic E-state index is 11.8. The van der Waals surface area contributed by atoms with Crippen LogP contribution in [-0.2, 0) is 16.0 Å². The lowest BCUT2D eigenvalue weighted by molar-refractivity contribution is -0.132. The van der Waals surface area contributed by atoms with Crippen LogP contribution in [0.15, 0.2) is 30.3 Å². The maximum Gasteiger partial charge on any atom is 0.246 e. The second-order valence-electron chi connectivity index (χ2n) is 7.38. The predicted octanol–water partition coefficient (Wildman–Crippen LogP) is 2.76. The number of primary amides is 1. The number of nitrogens with two attached hydrogens (primary N) is 1. The number of carbonyl (C=O) groups excluding carboxylic acids is 1. The number of hydrogen-bond donors (Lipinski definition) is 2. The molecule has 1 aliphatic heterocycles. The van der Waals surface area contributed by atoms with E-state index in [1.165, 1.54) is 0 Å². The molecule has 158 valence electrons. The standard InChI is InChI=1S/C22H28N6O2/c1-3-6-17-12-19(28-10-9-16(14-28)20(21(24)29)30-4-2)27-22(25-17)26-18-8-5-7-15(11-18)13-23/h5,7-8,11-12,16,20H,3-4,6,9-10,14H2,1-2H3,(H2,24,29)(H,25,26,27)/t16?,20-/m0/s1. The molecule has 0 radical (unpaired) electrons. The number of aromatic nitrogens is 2. The van der Waals surface area contributed by atoms with Gasteiger partial charge in [-0.1, -0.05) is 19.4 Å². The van der Waals surface area contributed by atoms with Gasteiger partial charge < -0.3 is 20.7 Å². The van der Waals surface area contributed by atoms with Crippen LogP contribution in [0.1, 0.15) is 37.9 Å². The molecule has 1 fully saturated rings. The fourth-order valence-electron chi connectivity index (χ4n) is 3.75. The van der Waals surface area contributed by atoms with Crippen molar-refractivity contribution < 1.29 is 9.53 Å². The minimum atomic E-state index is -0.580. The number of hydrogen-bond acceptors (Lipinski definition) is 7. The van der Waals surface area contributed by atoms with Crippen LogP contribution in [0.2, 0.25) is 0 Å². The summed E-state index contributed by atoms with van der Waals surface area (Å²) in [7, 11) is 0. The minimum Gasteiger partial charge on any atom is -0.368 e. The first-order valence-electron chi connectivity index (χ1n) is 10.3. The van der Waals surface area contributed by atoms with Gasteiger partial charge in [0.25, 0.3) is 0 Å². The largest absolute Gasteiger partial charge is 0.368 e. The molecule has 1 aliphatic rings. The Labute approximate surface area is 177 Å². The Hall–Kier alpha value is -3.18. The number of aryl methyl sites for hydroxylation is 1. The van der Waals surface area contributed by atoms with Gasteiger partial charge in [-0.05, 0) is 38.0 Å². The van der Waals surface area contributed by atoms with Crippen molar-refractivity contribution in [2.45, 2.75) is 39.2 Å². The molecule has 1 aromatic heterocycles. The molecular weight excluding hydrogens is 380 g/mol. The van der Waals surface area contributed by atoms with Crippen molar-refractivity contribution in [1.29, 1.82) is 5.26 Å². The van der Waals surface area contributed by atoms with E-state index in [0.29, 0.717) is 24.7 Å². The van der Waals surface area contributed by atoms with Gasteiger partial charge in [0.05, 0.1) is 11.6 Å². The zero-order valence-electron chi connectivity index (χ0n) is 17.5. The first kappa shape index (κ1) is 21.5. The van der Waals surface area contributed by atoms with Gasteiger partial charge in [-0.25, -0.2) is 4.98 Å². The van der Waals surface area contributed by atoms with Crippen LogP contribution >= 0.6 is 0 Å². The molecule has 8 nitrogen and oxygen atoms in total. The average Bonchev–Trinajstić information content (AvgIpc) is 3.22. The lowest BCUT2D eigenvalue weighted by Crippen LogP contribution is -2.39. The second-order valence-corrected chi connectivity index (χ2v) is 7.38. The lowest BCUT2D eigenvalue weighted by Gasteiger charge is -2.22. The van der Waals surface area contributed by atoms with Crippen LogP contribution in [0.4, 0.5) is 17.5 Å². The molecule has 1 saturated heterocycles. The van der Waals surface area contributed by atoms with Crippen molar-refractivity contribution in [1.82, 2.24) is 9.97 Å². The molecule has 8 heteroatoms. The normalized spacial score (nSPS) is 16.8. The summed E-state index contributed by atoms with van der Waals surface area (Å²) in [6.45, 7) is 5.85. The van der Waals surface area contributed by atoms with Crippen molar-refractivity contribution in [3.05, 3.63) is 41.6 Å². The summed E-state index contributed by atoms with van der Waals surface area (Å²) in [5.41, 5.74) is 7.82. The Balaban J connectivity index is 1.82. The smallest absolute Gasteiger partial charge is 0.246 e. The molecule has 0 saturated carbocycles. The minimum absolute atomic E-state index is 0.0377. The third-order valence-electron chi connectivity index (χ3n) is 5.12. The molecule has 1 unspecified atom stereocenters. The lowest BCUT2D eigenvalue weighted by atomic mass is 10.0. The highest BCUT2D eigenvalue weighted by atomic mass is 16.5. The quantitative estimate of drug-likeness (QED) is 0.655. The van der Waals surface area contributed by atoms with Crippen molar-refractivity contribution in [3.8, 4) is 6.07 Å². The van der Waals surface area contributed by atoms with E-state index in [0.717, 1.165) is 43.0 Å². The summed E-state index contributed by atoms with van der Waals surface area (Å²) >= 11 is 0. The van der Waals surface area contributed by atoms with Crippen LogP contribution in [0.25, 0.3) is 0 Å². The third kappa shape index (κ3) is 5.24. The van der Waals surface area contributed by atoms with E-state index < -0.39 is 12.0 Å². The Kier molecular flexibility index (Phi) is 7.20. The van der Waals surface area contributed by atoms with E-state index >= 15 is 0 Å². The molecule has 1 aromatic carbocycles. The highest BCUT2D eigenvalue weighted by molar-refractivity contribution is 5.79. The molecule has 1 amide bonds. The number of benzene rings is 1. The highest BCUT2D eigenvalue weighted by Gasteiger charge is 2.34. The Morgan fingerprint density at radius 1 is 1.40 bits per heavy atom. The summed E-state index contributed by atoms with van der Waals surface area (Å²) in [6.07, 6.45) is 2.04. The van der Waals surface area contributed by atoms with E-state index in [9.17, 15) is 4.79 Å². The van der Waals surface area contributed by atoms with Gasteiger partial charge in [0.2, 0.25) is 11.9 Å². The van der Waals surface area contributed by atoms with E-state index in [4.69, 9.17) is 20.7 Å². The molecule has 3 rings (SSSR count). The Bertz CT molecular complexity index is 926. The van der Waals surface area contributed by atoms with Gasteiger partial charge in [0.1, 0.15) is 11.9 Å². The molecule has 2 heterocycles. The van der Waals surface area contributed by atoms with E-state index in [2.05, 4.69) is 28.2 Å². The van der Waals surface area contributed by atoms with E-state index in [1.54, 1.807) is 12.1 Å². The number of anilines is 3. The number of ether oxygens (including phenoxy) is 1. The number of rotatable bonds is 9. The molecule has 30 heavy (non-hydrogen) atoms.